The standard InChI is InChI=1S/2Bi.3Se/q2*+3;3*-2. The van der Waals surface area contributed by atoms with E-state index in [-0.39, 0.29) is 104 Å². The Labute approximate surface area is 102 Å². The first kappa shape index (κ1) is 40.4. The Morgan fingerprint density at radius 1 is 0.400 bits per heavy atom. The van der Waals surface area contributed by atoms with Crippen LogP contribution in [0.25, 0.3) is 0 Å². The van der Waals surface area contributed by atoms with E-state index in [9.17, 15) is 0 Å². The van der Waals surface area contributed by atoms with Crippen molar-refractivity contribution in [1.82, 2.24) is 0 Å². The molecule has 5 heavy (non-hydrogen) atoms. The van der Waals surface area contributed by atoms with Gasteiger partial charge in [0, 0.05) is 0 Å². The Hall–Kier alpha value is 3.32. The maximum atomic E-state index is 0. The van der Waals surface area contributed by atoms with Crippen molar-refractivity contribution in [3.05, 3.63) is 0 Å². The van der Waals surface area contributed by atoms with Gasteiger partial charge >= 0.3 is 52.4 Å². The SMILES string of the molecule is [Bi+3].[Bi+3].[Se-2].[Se-2].[Se-2]. The van der Waals surface area contributed by atoms with E-state index in [1.54, 1.807) is 0 Å². The largest absolute Gasteiger partial charge is 3.00 e. The average molecular weight is 655 g/mol. The Morgan fingerprint density at radius 2 is 0.400 bits per heavy atom. The molecular formula is Bi2Se3. The first-order chi connectivity index (χ1) is 0. The molecule has 0 spiro atoms. The second-order valence-corrected chi connectivity index (χ2v) is 0. The zero-order valence-corrected chi connectivity index (χ0v) is 14.2. The molecule has 0 aliphatic rings. The van der Waals surface area contributed by atoms with E-state index < -0.39 is 0 Å². The second kappa shape index (κ2) is 26.5. The first-order valence-electron chi connectivity index (χ1n) is 0. The summed E-state index contributed by atoms with van der Waals surface area (Å²) >= 11 is 0. The molecule has 28 valence electrons. The van der Waals surface area contributed by atoms with Gasteiger partial charge in [0.1, 0.15) is 0 Å². The molecule has 0 heterocycles. The summed E-state index contributed by atoms with van der Waals surface area (Å²) in [6, 6.07) is 0. The number of hydrogen-bond acceptors (Lipinski definition) is 0. The van der Waals surface area contributed by atoms with Crippen LogP contribution in [0.3, 0.4) is 0 Å². The molecule has 0 N–H and O–H groups in total. The van der Waals surface area contributed by atoms with Crippen LogP contribution in [-0.2, 0) is 0 Å². The summed E-state index contributed by atoms with van der Waals surface area (Å²) in [4.78, 5) is 0. The molecule has 0 nitrogen and oxygen atoms in total. The van der Waals surface area contributed by atoms with Gasteiger partial charge in [-0.2, -0.15) is 0 Å². The monoisotopic (exact) mass is 658 g/mol. The van der Waals surface area contributed by atoms with Gasteiger partial charge in [0.05, 0.1) is 0 Å². The number of rotatable bonds is 0. The molecular weight excluding hydrogens is 655 g/mol. The summed E-state index contributed by atoms with van der Waals surface area (Å²) in [7, 11) is 0. The van der Waals surface area contributed by atoms with Gasteiger partial charge in [0.25, 0.3) is 0 Å². The molecule has 0 amide bonds. The predicted molar refractivity (Wildman–Crippen MR) is 28.8 cm³/mol. The summed E-state index contributed by atoms with van der Waals surface area (Å²) in [6.07, 6.45) is 0. The van der Waals surface area contributed by atoms with Gasteiger partial charge in [-0.25, -0.2) is 0 Å². The summed E-state index contributed by atoms with van der Waals surface area (Å²) in [5, 5.41) is 0. The van der Waals surface area contributed by atoms with E-state index in [0.717, 1.165) is 0 Å². The molecule has 0 fully saturated rings. The third kappa shape index (κ3) is 18.8. The third-order valence-corrected chi connectivity index (χ3v) is 0. The van der Waals surface area contributed by atoms with Crippen molar-refractivity contribution in [3.8, 4) is 0 Å². The molecule has 0 atom stereocenters. The Balaban J connectivity index is 0. The van der Waals surface area contributed by atoms with Gasteiger partial charge in [-0.05, 0) is 0 Å². The minimum atomic E-state index is 0. The zero-order valence-electron chi connectivity index (χ0n) is 2.12. The van der Waals surface area contributed by atoms with Crippen LogP contribution in [0.4, 0.5) is 0 Å². The van der Waals surface area contributed by atoms with Gasteiger partial charge in [-0.3, -0.25) is 0 Å². The predicted octanol–water partition coefficient (Wildman–Crippen LogP) is -1.90. The molecule has 5 heteroatoms. The molecule has 0 aromatic carbocycles. The molecule has 4 radical (unpaired) electrons. The minimum Gasteiger partial charge on any atom is -2.00 e. The summed E-state index contributed by atoms with van der Waals surface area (Å²) < 4.78 is 0. The fourth-order valence-corrected chi connectivity index (χ4v) is 0. The van der Waals surface area contributed by atoms with Gasteiger partial charge in [-0.15, -0.1) is 0 Å². The van der Waals surface area contributed by atoms with Crippen molar-refractivity contribution in [3.63, 3.8) is 0 Å². The van der Waals surface area contributed by atoms with E-state index in [1.165, 1.54) is 0 Å². The Morgan fingerprint density at radius 3 is 0.400 bits per heavy atom. The van der Waals surface area contributed by atoms with Crippen molar-refractivity contribution in [2.45, 2.75) is 0 Å². The van der Waals surface area contributed by atoms with Gasteiger partial charge in [0.15, 0.2) is 0 Å². The normalized spacial score (nSPS) is 0. The Kier molecular flexibility index (Phi) is 214. The van der Waals surface area contributed by atoms with Crippen molar-refractivity contribution in [1.29, 1.82) is 0 Å². The maximum Gasteiger partial charge on any atom is 3.00 e. The molecule has 0 saturated carbocycles. The molecule has 0 bridgehead atoms. The van der Waals surface area contributed by atoms with E-state index >= 15 is 0 Å². The molecule has 0 aromatic heterocycles. The summed E-state index contributed by atoms with van der Waals surface area (Å²) in [5.74, 6) is 0. The molecule has 0 unspecified atom stereocenters. The van der Waals surface area contributed by atoms with Gasteiger partial charge in [0.2, 0.25) is 0 Å². The third-order valence-electron chi connectivity index (χ3n) is 0. The molecule has 0 saturated heterocycles. The Bertz CT molecular complexity index is 4.85. The van der Waals surface area contributed by atoms with Gasteiger partial charge in [-0.1, -0.05) is 0 Å². The van der Waals surface area contributed by atoms with E-state index in [2.05, 4.69) is 0 Å². The van der Waals surface area contributed by atoms with Gasteiger partial charge < -0.3 is 51.2 Å². The fourth-order valence-electron chi connectivity index (χ4n) is 0. The van der Waals surface area contributed by atoms with Crippen LogP contribution in [0.15, 0.2) is 0 Å². The molecule has 0 rings (SSSR count). The first-order valence-corrected chi connectivity index (χ1v) is 0. The summed E-state index contributed by atoms with van der Waals surface area (Å²) in [5.41, 5.74) is 0. The van der Waals surface area contributed by atoms with Crippen molar-refractivity contribution in [2.24, 2.45) is 0 Å². The van der Waals surface area contributed by atoms with Crippen LogP contribution >= 0.6 is 0 Å². The van der Waals surface area contributed by atoms with E-state index in [0.29, 0.717) is 0 Å². The van der Waals surface area contributed by atoms with Crippen LogP contribution in [0.1, 0.15) is 0 Å². The maximum absolute atomic E-state index is 0. The van der Waals surface area contributed by atoms with Crippen LogP contribution in [-0.4, -0.2) is 104 Å². The minimum absolute atomic E-state index is 0. The van der Waals surface area contributed by atoms with Crippen LogP contribution in [0.5, 0.6) is 0 Å². The molecule has 0 aliphatic heterocycles. The smallest absolute Gasteiger partial charge is 2.00 e. The van der Waals surface area contributed by atoms with E-state index in [1.807, 2.05) is 0 Å². The van der Waals surface area contributed by atoms with Crippen LogP contribution < -0.4 is 0 Å². The second-order valence-electron chi connectivity index (χ2n) is 0. The van der Waals surface area contributed by atoms with E-state index in [4.69, 9.17) is 0 Å². The summed E-state index contributed by atoms with van der Waals surface area (Å²) in [6.45, 7) is 0. The number of hydrogen-bond donors (Lipinski definition) is 0. The topological polar surface area (TPSA) is 0 Å². The average Bonchev–Trinajstić information content (AvgIpc) is 0. The van der Waals surface area contributed by atoms with Crippen molar-refractivity contribution < 1.29 is 0 Å². The molecule has 0 aromatic rings. The molecule has 0 aliphatic carbocycles. The fraction of sp³-hybridized carbons (Fsp3) is 0. The van der Waals surface area contributed by atoms with Crippen LogP contribution in [0.2, 0.25) is 0 Å². The van der Waals surface area contributed by atoms with Crippen molar-refractivity contribution in [2.75, 3.05) is 0 Å². The van der Waals surface area contributed by atoms with Crippen LogP contribution in [0, 0.1) is 0 Å². The van der Waals surface area contributed by atoms with Crippen molar-refractivity contribution >= 4 is 104 Å². The zero-order chi connectivity index (χ0) is 0. The quantitative estimate of drug-likeness (QED) is 0.268.